The number of halogens is 1. The molecular weight excluding hydrogens is 854 g/mol. The van der Waals surface area contributed by atoms with Gasteiger partial charge in [0.05, 0.1) is 45.5 Å². The predicted molar refractivity (Wildman–Crippen MR) is 250 cm³/mol. The third-order valence-corrected chi connectivity index (χ3v) is 14.5. The smallest absolute Gasteiger partial charge is 0.312 e. The number of aromatic nitrogens is 3. The van der Waals surface area contributed by atoms with E-state index in [0.717, 1.165) is 100 Å². The first-order chi connectivity index (χ1) is 30.7. The number of nitro benzene ring substituents is 1. The second kappa shape index (κ2) is 18.9. The van der Waals surface area contributed by atoms with Gasteiger partial charge < -0.3 is 14.4 Å². The standard InChI is InChI=1S/C48H54ClN7O7S/c1-5-32-24-44-42(50-28-32)29-51-55(44)43-25-37(54-22-20-53(21-23-54)30-35-18-19-48(2,3)27-41(35)34-8-10-36(49)11-9-34)12-16-40(43)47(57)52-64(60,61)39-15-17-46(45(26-39)56(58)59)63-31-33-6-13-38(62-4)14-7-33/h5,8-12,15-17,24-26,28-29,33,38H,1,6-7,13-14,18-23,27,30-31H2,2-4H3,(H,52,57)/t33-,38+. The van der Waals surface area contributed by atoms with Crippen LogP contribution < -0.4 is 14.4 Å². The van der Waals surface area contributed by atoms with Crippen molar-refractivity contribution in [1.82, 2.24) is 24.4 Å². The van der Waals surface area contributed by atoms with Crippen molar-refractivity contribution >= 4 is 61.6 Å². The van der Waals surface area contributed by atoms with Crippen molar-refractivity contribution in [2.24, 2.45) is 11.3 Å². The minimum absolute atomic E-state index is 0.0273. The molecule has 0 unspecified atom stereocenters. The van der Waals surface area contributed by atoms with Gasteiger partial charge in [0.15, 0.2) is 5.75 Å². The van der Waals surface area contributed by atoms with Crippen molar-refractivity contribution in [1.29, 1.82) is 0 Å². The zero-order valence-corrected chi connectivity index (χ0v) is 38.0. The molecule has 3 heterocycles. The van der Waals surface area contributed by atoms with Crippen LogP contribution in [0.15, 0.2) is 96.2 Å². The zero-order valence-electron chi connectivity index (χ0n) is 36.5. The molecule has 0 radical (unpaired) electrons. The molecule has 3 aromatic carbocycles. The summed E-state index contributed by atoms with van der Waals surface area (Å²) in [5, 5.41) is 17.5. The van der Waals surface area contributed by atoms with Gasteiger partial charge in [-0.05, 0) is 122 Å². The van der Waals surface area contributed by atoms with Crippen molar-refractivity contribution < 1.29 is 27.6 Å². The van der Waals surface area contributed by atoms with Crippen molar-refractivity contribution in [2.45, 2.75) is 69.8 Å². The Balaban J connectivity index is 1.03. The molecule has 14 nitrogen and oxygen atoms in total. The van der Waals surface area contributed by atoms with Crippen LogP contribution in [0.5, 0.6) is 5.75 Å². The summed E-state index contributed by atoms with van der Waals surface area (Å²) in [5.74, 6) is -0.784. The number of pyridine rings is 1. The summed E-state index contributed by atoms with van der Waals surface area (Å²) in [6.45, 7) is 12.8. The van der Waals surface area contributed by atoms with E-state index in [2.05, 4.69) is 57.2 Å². The van der Waals surface area contributed by atoms with Crippen molar-refractivity contribution in [2.75, 3.05) is 51.3 Å². The predicted octanol–water partition coefficient (Wildman–Crippen LogP) is 9.11. The molecule has 1 aliphatic heterocycles. The molecule has 336 valence electrons. The molecule has 0 atom stereocenters. The number of methoxy groups -OCH3 is 1. The van der Waals surface area contributed by atoms with Crippen LogP contribution in [0.3, 0.4) is 0 Å². The summed E-state index contributed by atoms with van der Waals surface area (Å²) in [7, 11) is -2.91. The Hall–Kier alpha value is -5.61. The molecule has 3 aliphatic rings. The van der Waals surface area contributed by atoms with Crippen molar-refractivity contribution in [3.05, 3.63) is 123 Å². The lowest BCUT2D eigenvalue weighted by Gasteiger charge is -2.39. The van der Waals surface area contributed by atoms with Crippen molar-refractivity contribution in [3.63, 3.8) is 0 Å². The van der Waals surface area contributed by atoms with Crippen LogP contribution in [0, 0.1) is 21.4 Å². The minimum atomic E-state index is -4.60. The molecular formula is C48H54ClN7O7S. The number of hydrogen-bond acceptors (Lipinski definition) is 11. The number of fused-ring (bicyclic) bond motifs is 1. The van der Waals surface area contributed by atoms with Gasteiger partial charge in [0.2, 0.25) is 0 Å². The van der Waals surface area contributed by atoms with Gasteiger partial charge in [-0.2, -0.15) is 5.10 Å². The Morgan fingerprint density at radius 3 is 2.47 bits per heavy atom. The quantitative estimate of drug-likeness (QED) is 0.0836. The van der Waals surface area contributed by atoms with Gasteiger partial charge in [-0.15, -0.1) is 0 Å². The topological polar surface area (TPSA) is 162 Å². The van der Waals surface area contributed by atoms with Crippen molar-refractivity contribution in [3.8, 4) is 11.4 Å². The Morgan fingerprint density at radius 2 is 1.77 bits per heavy atom. The fraction of sp³-hybridized carbons (Fsp3) is 0.396. The first-order valence-electron chi connectivity index (χ1n) is 21.8. The molecule has 0 bridgehead atoms. The number of anilines is 1. The SMILES string of the molecule is C=Cc1cnc2cnn(-c3cc(N4CCN(CC5=C(c6ccc(Cl)cc6)CC(C)(C)CC5)CC4)ccc3C(=O)NS(=O)(=O)c3ccc(OC[C@H]4CC[C@@H](OC)CC4)c([N+](=O)[O-])c3)c2c1. The zero-order chi connectivity index (χ0) is 45.2. The molecule has 2 aliphatic carbocycles. The number of carbonyl (C=O) groups excluding carboxylic acids is 1. The number of nitrogens with zero attached hydrogens (tertiary/aromatic N) is 6. The summed E-state index contributed by atoms with van der Waals surface area (Å²) in [6, 6.07) is 18.7. The lowest BCUT2D eigenvalue weighted by Crippen LogP contribution is -2.47. The van der Waals surface area contributed by atoms with Gasteiger partial charge in [-0.25, -0.2) is 17.8 Å². The average molecular weight is 909 g/mol. The Kier molecular flexibility index (Phi) is 13.2. The minimum Gasteiger partial charge on any atom is -0.487 e. The van der Waals surface area contributed by atoms with E-state index in [1.165, 1.54) is 28.8 Å². The Bertz CT molecular complexity index is 2700. The molecule has 1 saturated carbocycles. The Morgan fingerprint density at radius 1 is 1.02 bits per heavy atom. The number of ether oxygens (including phenoxy) is 2. The van der Waals surface area contributed by atoms with E-state index in [0.29, 0.717) is 16.7 Å². The van der Waals surface area contributed by atoms with Crippen LogP contribution in [-0.2, 0) is 14.8 Å². The molecule has 64 heavy (non-hydrogen) atoms. The van der Waals surface area contributed by atoms with E-state index in [-0.39, 0.29) is 35.4 Å². The number of benzene rings is 3. The van der Waals surface area contributed by atoms with Gasteiger partial charge in [-0.1, -0.05) is 55.8 Å². The second-order valence-corrected chi connectivity index (χ2v) is 20.0. The average Bonchev–Trinajstić information content (AvgIpc) is 3.72. The van der Waals surface area contributed by atoms with Gasteiger partial charge >= 0.3 is 5.69 Å². The fourth-order valence-corrected chi connectivity index (χ4v) is 10.2. The maximum absolute atomic E-state index is 14.2. The highest BCUT2D eigenvalue weighted by Gasteiger charge is 2.31. The Labute approximate surface area is 379 Å². The van der Waals surface area contributed by atoms with E-state index in [4.69, 9.17) is 21.1 Å². The number of sulfonamides is 1. The fourth-order valence-electron chi connectivity index (χ4n) is 9.12. The van der Waals surface area contributed by atoms with Crippen LogP contribution in [0.25, 0.3) is 28.4 Å². The monoisotopic (exact) mass is 907 g/mol. The lowest BCUT2D eigenvalue weighted by atomic mass is 9.72. The number of amides is 1. The largest absolute Gasteiger partial charge is 0.487 e. The van der Waals surface area contributed by atoms with Crippen LogP contribution >= 0.6 is 11.6 Å². The van der Waals surface area contributed by atoms with E-state index in [1.54, 1.807) is 36.3 Å². The number of nitro groups is 1. The summed E-state index contributed by atoms with van der Waals surface area (Å²) in [4.78, 5) is 34.4. The number of rotatable bonds is 14. The third-order valence-electron chi connectivity index (χ3n) is 12.9. The van der Waals surface area contributed by atoms with Crippen LogP contribution in [-0.4, -0.2) is 91.5 Å². The number of hydrogen-bond donors (Lipinski definition) is 1. The molecule has 16 heteroatoms. The first-order valence-corrected chi connectivity index (χ1v) is 23.6. The maximum atomic E-state index is 14.2. The number of allylic oxidation sites excluding steroid dienone is 1. The summed E-state index contributed by atoms with van der Waals surface area (Å²) in [6.07, 6.45) is 11.8. The highest BCUT2D eigenvalue weighted by molar-refractivity contribution is 7.90. The second-order valence-electron chi connectivity index (χ2n) is 17.8. The summed E-state index contributed by atoms with van der Waals surface area (Å²) >= 11 is 6.25. The highest BCUT2D eigenvalue weighted by Crippen LogP contribution is 2.43. The van der Waals surface area contributed by atoms with E-state index in [9.17, 15) is 23.3 Å². The molecule has 1 saturated heterocycles. The lowest BCUT2D eigenvalue weighted by molar-refractivity contribution is -0.386. The molecule has 2 fully saturated rings. The van der Waals surface area contributed by atoms with Gasteiger partial charge in [0.25, 0.3) is 15.9 Å². The third kappa shape index (κ3) is 10.0. The molecule has 1 amide bonds. The normalized spacial score (nSPS) is 19.4. The van der Waals surface area contributed by atoms with E-state index in [1.807, 2.05) is 30.3 Å². The van der Waals surface area contributed by atoms with Crippen LogP contribution in [0.2, 0.25) is 5.02 Å². The molecule has 5 aromatic rings. The molecule has 0 spiro atoms. The molecule has 8 rings (SSSR count). The maximum Gasteiger partial charge on any atom is 0.312 e. The van der Waals surface area contributed by atoms with E-state index < -0.39 is 31.4 Å². The summed E-state index contributed by atoms with van der Waals surface area (Å²) < 4.78 is 42.7. The van der Waals surface area contributed by atoms with Crippen LogP contribution in [0.1, 0.15) is 80.3 Å². The van der Waals surface area contributed by atoms with Crippen LogP contribution in [0.4, 0.5) is 11.4 Å². The number of nitrogens with one attached hydrogen (secondary N) is 1. The number of piperazine rings is 1. The van der Waals surface area contributed by atoms with Gasteiger partial charge in [-0.3, -0.25) is 24.8 Å². The van der Waals surface area contributed by atoms with Gasteiger partial charge in [0, 0.05) is 62.8 Å². The summed E-state index contributed by atoms with van der Waals surface area (Å²) in [5.41, 5.74) is 6.91. The molecule has 2 aromatic heterocycles. The highest BCUT2D eigenvalue weighted by atomic mass is 35.5. The number of carbonyl (C=O) groups is 1. The van der Waals surface area contributed by atoms with Gasteiger partial charge in [0.1, 0.15) is 5.52 Å². The molecule has 1 N–H and O–H groups in total. The first kappa shape index (κ1) is 45.0. The van der Waals surface area contributed by atoms with E-state index >= 15 is 0 Å².